The molecule has 1 amide bonds. The van der Waals surface area contributed by atoms with Gasteiger partial charge in [-0.05, 0) is 12.5 Å². The second-order valence-electron chi connectivity index (χ2n) is 3.75. The predicted octanol–water partition coefficient (Wildman–Crippen LogP) is 3.71. The fourth-order valence-corrected chi connectivity index (χ4v) is 1.73. The van der Waals surface area contributed by atoms with Crippen LogP contribution in [0.2, 0.25) is 0 Å². The van der Waals surface area contributed by atoms with Gasteiger partial charge in [-0.1, -0.05) is 58.0 Å². The summed E-state index contributed by atoms with van der Waals surface area (Å²) in [7, 11) is 1.77. The number of amides is 1. The highest BCUT2D eigenvalue weighted by molar-refractivity contribution is 6.01. The summed E-state index contributed by atoms with van der Waals surface area (Å²) in [5.41, 5.74) is 1.05. The topological polar surface area (TPSA) is 32.7 Å². The quantitative estimate of drug-likeness (QED) is 0.759. The molecule has 0 aliphatic carbocycles. The van der Waals surface area contributed by atoms with E-state index in [0.717, 1.165) is 11.4 Å². The van der Waals surface area contributed by atoms with E-state index < -0.39 is 0 Å². The van der Waals surface area contributed by atoms with Gasteiger partial charge in [-0.15, -0.1) is 0 Å². The summed E-state index contributed by atoms with van der Waals surface area (Å²) in [5.74, 6) is 0.820. The lowest BCUT2D eigenvalue weighted by Crippen LogP contribution is -2.40. The van der Waals surface area contributed by atoms with Crippen LogP contribution >= 0.6 is 0 Å². The van der Waals surface area contributed by atoms with Crippen molar-refractivity contribution >= 4 is 11.7 Å². The van der Waals surface area contributed by atoms with Crippen molar-refractivity contribution < 1.29 is 4.79 Å². The molecule has 0 N–H and O–H groups in total. The van der Waals surface area contributed by atoms with Gasteiger partial charge in [-0.25, -0.2) is 0 Å². The van der Waals surface area contributed by atoms with Crippen molar-refractivity contribution in [3.8, 4) is 0 Å². The fourth-order valence-electron chi connectivity index (χ4n) is 1.73. The van der Waals surface area contributed by atoms with Crippen LogP contribution in [0.3, 0.4) is 0 Å². The number of carbonyl (C=O) groups excluding carboxylic acids is 1. The molecular formula is C16H26N2O. The first-order chi connectivity index (χ1) is 9.20. The summed E-state index contributed by atoms with van der Waals surface area (Å²) in [4.78, 5) is 17.9. The first-order valence-electron chi connectivity index (χ1n) is 7.03. The molecule has 1 aliphatic heterocycles. The molecule has 0 fully saturated rings. The second kappa shape index (κ2) is 9.31. The van der Waals surface area contributed by atoms with Crippen molar-refractivity contribution in [2.75, 3.05) is 13.6 Å². The van der Waals surface area contributed by atoms with E-state index in [1.807, 2.05) is 65.0 Å². The molecule has 1 heterocycles. The highest BCUT2D eigenvalue weighted by Gasteiger charge is 2.28. The zero-order valence-corrected chi connectivity index (χ0v) is 13.0. The molecule has 106 valence electrons. The zero-order chi connectivity index (χ0) is 14.8. The standard InChI is InChI=1S/C12H14N2O.2C2H6/c1-9-13-8-11(12(15)14(9)2)10-6-4-3-5-7-10;2*1-2/h3-7,11H,8H2,1-2H3;2*1-2H3. The van der Waals surface area contributed by atoms with Crippen molar-refractivity contribution in [3.63, 3.8) is 0 Å². The zero-order valence-electron chi connectivity index (χ0n) is 13.0. The van der Waals surface area contributed by atoms with Crippen molar-refractivity contribution in [1.29, 1.82) is 0 Å². The number of hydrogen-bond donors (Lipinski definition) is 0. The normalized spacial score (nSPS) is 17.6. The average molecular weight is 262 g/mol. The smallest absolute Gasteiger partial charge is 0.237 e. The Kier molecular flexibility index (Phi) is 8.51. The predicted molar refractivity (Wildman–Crippen MR) is 82.6 cm³/mol. The Hall–Kier alpha value is -1.64. The molecule has 2 rings (SSSR count). The van der Waals surface area contributed by atoms with Crippen LogP contribution in [0.4, 0.5) is 0 Å². The Morgan fingerprint density at radius 2 is 1.63 bits per heavy atom. The van der Waals surface area contributed by atoms with Gasteiger partial charge in [0.2, 0.25) is 5.91 Å². The van der Waals surface area contributed by atoms with Crippen LogP contribution in [0.15, 0.2) is 35.3 Å². The van der Waals surface area contributed by atoms with Crippen LogP contribution in [0, 0.1) is 0 Å². The molecular weight excluding hydrogens is 236 g/mol. The maximum Gasteiger partial charge on any atom is 0.237 e. The molecule has 1 atom stereocenters. The largest absolute Gasteiger partial charge is 0.303 e. The summed E-state index contributed by atoms with van der Waals surface area (Å²) in [5, 5.41) is 0. The fraction of sp³-hybridized carbons (Fsp3) is 0.500. The molecule has 0 radical (unpaired) electrons. The first-order valence-corrected chi connectivity index (χ1v) is 7.03. The Morgan fingerprint density at radius 3 is 2.16 bits per heavy atom. The summed E-state index contributed by atoms with van der Waals surface area (Å²) >= 11 is 0. The highest BCUT2D eigenvalue weighted by Crippen LogP contribution is 2.21. The minimum absolute atomic E-state index is 0.111. The average Bonchev–Trinajstić information content (AvgIpc) is 2.50. The van der Waals surface area contributed by atoms with Gasteiger partial charge in [0.1, 0.15) is 5.84 Å². The molecule has 1 aliphatic rings. The number of nitrogens with zero attached hydrogens (tertiary/aromatic N) is 2. The van der Waals surface area contributed by atoms with E-state index in [2.05, 4.69) is 4.99 Å². The van der Waals surface area contributed by atoms with Crippen LogP contribution in [0.25, 0.3) is 0 Å². The molecule has 0 saturated carbocycles. The number of aliphatic imine (C=N–C) groups is 1. The SMILES string of the molecule is CC.CC.CC1=NCC(c2ccccc2)C(=O)N1C. The van der Waals surface area contributed by atoms with Gasteiger partial charge in [0.15, 0.2) is 0 Å². The van der Waals surface area contributed by atoms with Gasteiger partial charge in [0, 0.05) is 7.05 Å². The third kappa shape index (κ3) is 4.51. The van der Waals surface area contributed by atoms with E-state index in [-0.39, 0.29) is 11.8 Å². The lowest BCUT2D eigenvalue weighted by Gasteiger charge is -2.27. The molecule has 0 bridgehead atoms. The van der Waals surface area contributed by atoms with Gasteiger partial charge < -0.3 is 4.90 Å². The second-order valence-corrected chi connectivity index (χ2v) is 3.75. The van der Waals surface area contributed by atoms with Gasteiger partial charge in [-0.3, -0.25) is 9.79 Å². The highest BCUT2D eigenvalue weighted by atomic mass is 16.2. The maximum absolute atomic E-state index is 12.0. The first kappa shape index (κ1) is 17.4. The van der Waals surface area contributed by atoms with E-state index >= 15 is 0 Å². The Balaban J connectivity index is 0.000000741. The number of likely N-dealkylation sites (N-methyl/N-ethyl adjacent to an activating group) is 1. The summed E-state index contributed by atoms with van der Waals surface area (Å²) in [6.45, 7) is 10.4. The summed E-state index contributed by atoms with van der Waals surface area (Å²) in [6.07, 6.45) is 0. The van der Waals surface area contributed by atoms with E-state index in [1.54, 1.807) is 11.9 Å². The Labute approximate surface area is 117 Å². The lowest BCUT2D eigenvalue weighted by atomic mass is 9.96. The maximum atomic E-state index is 12.0. The monoisotopic (exact) mass is 262 g/mol. The third-order valence-corrected chi connectivity index (χ3v) is 2.82. The molecule has 3 nitrogen and oxygen atoms in total. The number of rotatable bonds is 1. The van der Waals surface area contributed by atoms with Gasteiger partial charge >= 0.3 is 0 Å². The molecule has 0 saturated heterocycles. The Morgan fingerprint density at radius 1 is 1.11 bits per heavy atom. The molecule has 1 aromatic rings. The van der Waals surface area contributed by atoms with E-state index in [0.29, 0.717) is 6.54 Å². The number of carbonyl (C=O) groups is 1. The molecule has 19 heavy (non-hydrogen) atoms. The van der Waals surface area contributed by atoms with Crippen LogP contribution in [0.1, 0.15) is 46.1 Å². The lowest BCUT2D eigenvalue weighted by molar-refractivity contribution is -0.128. The third-order valence-electron chi connectivity index (χ3n) is 2.82. The molecule has 0 spiro atoms. The van der Waals surface area contributed by atoms with Crippen LogP contribution < -0.4 is 0 Å². The van der Waals surface area contributed by atoms with Crippen LogP contribution in [-0.2, 0) is 4.79 Å². The van der Waals surface area contributed by atoms with Crippen molar-refractivity contribution in [2.45, 2.75) is 40.5 Å². The minimum atomic E-state index is -0.111. The van der Waals surface area contributed by atoms with Crippen LogP contribution in [0.5, 0.6) is 0 Å². The molecule has 3 heteroatoms. The van der Waals surface area contributed by atoms with Crippen molar-refractivity contribution in [3.05, 3.63) is 35.9 Å². The van der Waals surface area contributed by atoms with Crippen molar-refractivity contribution in [2.24, 2.45) is 4.99 Å². The molecule has 1 unspecified atom stereocenters. The number of amidine groups is 1. The van der Waals surface area contributed by atoms with E-state index in [1.165, 1.54) is 0 Å². The molecule has 1 aromatic carbocycles. The van der Waals surface area contributed by atoms with Gasteiger partial charge in [0.05, 0.1) is 12.5 Å². The minimum Gasteiger partial charge on any atom is -0.303 e. The Bertz CT molecular complexity index is 398. The van der Waals surface area contributed by atoms with Gasteiger partial charge in [-0.2, -0.15) is 0 Å². The van der Waals surface area contributed by atoms with E-state index in [9.17, 15) is 4.79 Å². The van der Waals surface area contributed by atoms with Crippen LogP contribution in [-0.4, -0.2) is 30.2 Å². The summed E-state index contributed by atoms with van der Waals surface area (Å²) in [6, 6.07) is 9.82. The van der Waals surface area contributed by atoms with Crippen molar-refractivity contribution in [1.82, 2.24) is 4.90 Å². The number of hydrogen-bond acceptors (Lipinski definition) is 2. The molecule has 0 aromatic heterocycles. The van der Waals surface area contributed by atoms with E-state index in [4.69, 9.17) is 0 Å². The van der Waals surface area contributed by atoms with Gasteiger partial charge in [0.25, 0.3) is 0 Å². The number of benzene rings is 1. The summed E-state index contributed by atoms with van der Waals surface area (Å²) < 4.78 is 0.